The quantitative estimate of drug-likeness (QED) is 0.815. The summed E-state index contributed by atoms with van der Waals surface area (Å²) in [6.45, 7) is 13.0. The zero-order valence-corrected chi connectivity index (χ0v) is 14.7. The van der Waals surface area contributed by atoms with Crippen LogP contribution in [0.2, 0.25) is 0 Å². The molecular weight excluding hydrogens is 260 g/mol. The summed E-state index contributed by atoms with van der Waals surface area (Å²) in [6.07, 6.45) is 6.73. The molecule has 0 aromatic rings. The first-order valence-electron chi connectivity index (χ1n) is 8.98. The maximum atomic E-state index is 5.31. The molecule has 124 valence electrons. The summed E-state index contributed by atoms with van der Waals surface area (Å²) in [5.74, 6) is 1.62. The summed E-state index contributed by atoms with van der Waals surface area (Å²) in [4.78, 5) is 2.71. The van der Waals surface area contributed by atoms with Gasteiger partial charge in [-0.05, 0) is 69.0 Å². The van der Waals surface area contributed by atoms with Crippen LogP contribution in [0.5, 0.6) is 0 Å². The predicted molar refractivity (Wildman–Crippen MR) is 89.6 cm³/mol. The fourth-order valence-electron chi connectivity index (χ4n) is 4.36. The number of methoxy groups -OCH3 is 1. The van der Waals surface area contributed by atoms with Gasteiger partial charge in [-0.25, -0.2) is 0 Å². The van der Waals surface area contributed by atoms with Crippen LogP contribution in [0.3, 0.4) is 0 Å². The average Bonchev–Trinajstić information content (AvgIpc) is 2.44. The number of hydrogen-bond acceptors (Lipinski definition) is 3. The Morgan fingerprint density at radius 2 is 1.90 bits per heavy atom. The molecule has 0 spiro atoms. The van der Waals surface area contributed by atoms with Crippen molar-refractivity contribution in [3.63, 3.8) is 0 Å². The molecule has 1 saturated heterocycles. The monoisotopic (exact) mass is 296 g/mol. The van der Waals surface area contributed by atoms with Crippen molar-refractivity contribution in [3.05, 3.63) is 0 Å². The Hall–Kier alpha value is -0.120. The van der Waals surface area contributed by atoms with Crippen molar-refractivity contribution in [1.82, 2.24) is 10.2 Å². The van der Waals surface area contributed by atoms with E-state index in [0.717, 1.165) is 31.0 Å². The molecule has 2 aliphatic rings. The van der Waals surface area contributed by atoms with Crippen molar-refractivity contribution in [1.29, 1.82) is 0 Å². The molecule has 2 unspecified atom stereocenters. The molecule has 0 aromatic carbocycles. The minimum atomic E-state index is 0.533. The SMILES string of the molecule is CCNC1CCC(C)(C)CC1CN1CCC(COC)CC1. The van der Waals surface area contributed by atoms with E-state index in [1.807, 2.05) is 7.11 Å². The molecular formula is C18H36N2O. The van der Waals surface area contributed by atoms with E-state index in [1.54, 1.807) is 0 Å². The number of piperidine rings is 1. The first kappa shape index (κ1) is 17.2. The van der Waals surface area contributed by atoms with Crippen LogP contribution in [-0.4, -0.2) is 50.8 Å². The highest BCUT2D eigenvalue weighted by molar-refractivity contribution is 4.90. The highest BCUT2D eigenvalue weighted by atomic mass is 16.5. The van der Waals surface area contributed by atoms with Gasteiger partial charge in [0.15, 0.2) is 0 Å². The van der Waals surface area contributed by atoms with E-state index in [9.17, 15) is 0 Å². The average molecular weight is 296 g/mol. The normalized spacial score (nSPS) is 31.4. The molecule has 0 bridgehead atoms. The van der Waals surface area contributed by atoms with Gasteiger partial charge in [0, 0.05) is 26.3 Å². The Balaban J connectivity index is 1.84. The first-order chi connectivity index (χ1) is 10.0. The van der Waals surface area contributed by atoms with Gasteiger partial charge in [-0.3, -0.25) is 0 Å². The lowest BCUT2D eigenvalue weighted by atomic mass is 9.69. The molecule has 0 radical (unpaired) electrons. The first-order valence-corrected chi connectivity index (χ1v) is 8.98. The van der Waals surface area contributed by atoms with Crippen molar-refractivity contribution in [2.24, 2.45) is 17.3 Å². The van der Waals surface area contributed by atoms with Crippen molar-refractivity contribution in [2.45, 2.75) is 58.9 Å². The van der Waals surface area contributed by atoms with Crippen LogP contribution in [0, 0.1) is 17.3 Å². The molecule has 3 nitrogen and oxygen atoms in total. The van der Waals surface area contributed by atoms with Gasteiger partial charge in [-0.1, -0.05) is 20.8 Å². The van der Waals surface area contributed by atoms with E-state index in [-0.39, 0.29) is 0 Å². The van der Waals surface area contributed by atoms with Crippen molar-refractivity contribution >= 4 is 0 Å². The third-order valence-electron chi connectivity index (χ3n) is 5.58. The van der Waals surface area contributed by atoms with Crippen LogP contribution in [0.4, 0.5) is 0 Å². The highest BCUT2D eigenvalue weighted by Crippen LogP contribution is 2.39. The zero-order chi connectivity index (χ0) is 15.3. The van der Waals surface area contributed by atoms with Crippen LogP contribution in [0.25, 0.3) is 0 Å². The van der Waals surface area contributed by atoms with Gasteiger partial charge in [0.1, 0.15) is 0 Å². The maximum Gasteiger partial charge on any atom is 0.0491 e. The van der Waals surface area contributed by atoms with E-state index in [1.165, 1.54) is 51.7 Å². The third-order valence-corrected chi connectivity index (χ3v) is 5.58. The minimum absolute atomic E-state index is 0.533. The molecule has 2 rings (SSSR count). The molecule has 0 amide bonds. The number of nitrogens with zero attached hydrogens (tertiary/aromatic N) is 1. The molecule has 1 saturated carbocycles. The number of rotatable bonds is 6. The van der Waals surface area contributed by atoms with E-state index < -0.39 is 0 Å². The second kappa shape index (κ2) is 7.94. The molecule has 21 heavy (non-hydrogen) atoms. The van der Waals surface area contributed by atoms with E-state index in [4.69, 9.17) is 4.74 Å². The highest BCUT2D eigenvalue weighted by Gasteiger charge is 2.35. The molecule has 0 aromatic heterocycles. The second-order valence-electron chi connectivity index (χ2n) is 8.03. The van der Waals surface area contributed by atoms with E-state index >= 15 is 0 Å². The summed E-state index contributed by atoms with van der Waals surface area (Å²) >= 11 is 0. The van der Waals surface area contributed by atoms with Crippen molar-refractivity contribution in [3.8, 4) is 0 Å². The van der Waals surface area contributed by atoms with E-state index in [2.05, 4.69) is 31.0 Å². The van der Waals surface area contributed by atoms with Gasteiger partial charge in [0.25, 0.3) is 0 Å². The smallest absolute Gasteiger partial charge is 0.0491 e. The molecule has 2 fully saturated rings. The number of nitrogens with one attached hydrogen (secondary N) is 1. The lowest BCUT2D eigenvalue weighted by Gasteiger charge is -2.44. The Morgan fingerprint density at radius 3 is 2.52 bits per heavy atom. The van der Waals surface area contributed by atoms with Crippen LogP contribution in [0.15, 0.2) is 0 Å². The predicted octanol–water partition coefficient (Wildman–Crippen LogP) is 3.15. The van der Waals surface area contributed by atoms with Gasteiger partial charge >= 0.3 is 0 Å². The standard InChI is InChI=1S/C18H36N2O/c1-5-19-17-6-9-18(2,3)12-16(17)13-20-10-7-15(8-11-20)14-21-4/h15-17,19H,5-14H2,1-4H3. The maximum absolute atomic E-state index is 5.31. The Bertz CT molecular complexity index is 298. The Labute approximate surface area is 131 Å². The van der Waals surface area contributed by atoms with Crippen LogP contribution >= 0.6 is 0 Å². The molecule has 3 heteroatoms. The molecule has 1 aliphatic heterocycles. The number of ether oxygens (including phenoxy) is 1. The summed E-state index contributed by atoms with van der Waals surface area (Å²) < 4.78 is 5.31. The van der Waals surface area contributed by atoms with Crippen LogP contribution in [0.1, 0.15) is 52.9 Å². The summed E-state index contributed by atoms with van der Waals surface area (Å²) in [5.41, 5.74) is 0.533. The summed E-state index contributed by atoms with van der Waals surface area (Å²) in [6, 6.07) is 0.736. The topological polar surface area (TPSA) is 24.5 Å². The van der Waals surface area contributed by atoms with Crippen LogP contribution < -0.4 is 5.32 Å². The Morgan fingerprint density at radius 1 is 1.19 bits per heavy atom. The van der Waals surface area contributed by atoms with Gasteiger partial charge in [-0.2, -0.15) is 0 Å². The fraction of sp³-hybridized carbons (Fsp3) is 1.00. The minimum Gasteiger partial charge on any atom is -0.384 e. The third kappa shape index (κ3) is 5.22. The molecule has 1 N–H and O–H groups in total. The van der Waals surface area contributed by atoms with Gasteiger partial charge < -0.3 is 15.0 Å². The number of hydrogen-bond donors (Lipinski definition) is 1. The molecule has 2 atom stereocenters. The van der Waals surface area contributed by atoms with E-state index in [0.29, 0.717) is 5.41 Å². The van der Waals surface area contributed by atoms with Gasteiger partial charge in [0.2, 0.25) is 0 Å². The lowest BCUT2D eigenvalue weighted by Crippen LogP contribution is -2.49. The number of likely N-dealkylation sites (tertiary alicyclic amines) is 1. The summed E-state index contributed by atoms with van der Waals surface area (Å²) in [5, 5.41) is 3.74. The molecule has 1 aliphatic carbocycles. The lowest BCUT2D eigenvalue weighted by molar-refractivity contribution is 0.0647. The van der Waals surface area contributed by atoms with Crippen molar-refractivity contribution in [2.75, 3.05) is 39.9 Å². The summed E-state index contributed by atoms with van der Waals surface area (Å²) in [7, 11) is 1.83. The second-order valence-corrected chi connectivity index (χ2v) is 8.03. The zero-order valence-electron chi connectivity index (χ0n) is 14.7. The van der Waals surface area contributed by atoms with Crippen molar-refractivity contribution < 1.29 is 4.74 Å². The largest absolute Gasteiger partial charge is 0.384 e. The fourth-order valence-corrected chi connectivity index (χ4v) is 4.36. The molecule has 1 heterocycles. The van der Waals surface area contributed by atoms with Gasteiger partial charge in [0.05, 0.1) is 0 Å². The van der Waals surface area contributed by atoms with Gasteiger partial charge in [-0.15, -0.1) is 0 Å². The Kier molecular flexibility index (Phi) is 6.51. The van der Waals surface area contributed by atoms with Crippen LogP contribution in [-0.2, 0) is 4.74 Å².